The number of methoxy groups -OCH3 is 1. The van der Waals surface area contributed by atoms with Crippen molar-refractivity contribution in [2.45, 2.75) is 13.3 Å². The van der Waals surface area contributed by atoms with E-state index in [1.807, 2.05) is 18.2 Å². The number of rotatable bonds is 2. The molecule has 1 unspecified atom stereocenters. The lowest BCUT2D eigenvalue weighted by Gasteiger charge is -2.17. The molecule has 0 amide bonds. The van der Waals surface area contributed by atoms with Gasteiger partial charge in [0, 0.05) is 12.3 Å². The minimum Gasteiger partial charge on any atom is -0.496 e. The van der Waals surface area contributed by atoms with Crippen LogP contribution in [0.2, 0.25) is 0 Å². The van der Waals surface area contributed by atoms with Gasteiger partial charge in [0.15, 0.2) is 0 Å². The van der Waals surface area contributed by atoms with Gasteiger partial charge in [0.2, 0.25) is 0 Å². The van der Waals surface area contributed by atoms with Crippen LogP contribution in [0.15, 0.2) is 32.9 Å². The highest BCUT2D eigenvalue weighted by molar-refractivity contribution is 9.10. The van der Waals surface area contributed by atoms with E-state index in [1.165, 1.54) is 0 Å². The Morgan fingerprint density at radius 1 is 1.41 bits per heavy atom. The van der Waals surface area contributed by atoms with E-state index in [1.54, 1.807) is 7.11 Å². The van der Waals surface area contributed by atoms with Gasteiger partial charge in [-0.05, 0) is 39.7 Å². The van der Waals surface area contributed by atoms with Crippen LogP contribution in [0.1, 0.15) is 18.9 Å². The third-order valence-corrected chi connectivity index (χ3v) is 3.34. The molecular formula is C12H14BrN3O. The Morgan fingerprint density at radius 2 is 2.18 bits per heavy atom. The SMILES string of the molecule is COc1ccc(C2=NN=C(N)CC2C)cc1Br. The van der Waals surface area contributed by atoms with Gasteiger partial charge < -0.3 is 10.5 Å². The standard InChI is InChI=1S/C12H14BrN3O/c1-7-5-11(14)15-16-12(7)8-3-4-10(17-2)9(13)6-8/h3-4,6-7H,5H2,1-2H3,(H2,14,15). The van der Waals surface area contributed by atoms with Crippen LogP contribution in [-0.4, -0.2) is 18.7 Å². The molecule has 0 radical (unpaired) electrons. The molecule has 2 N–H and O–H groups in total. The molecule has 0 saturated carbocycles. The maximum Gasteiger partial charge on any atom is 0.133 e. The van der Waals surface area contributed by atoms with Gasteiger partial charge >= 0.3 is 0 Å². The minimum atomic E-state index is 0.285. The molecule has 0 saturated heterocycles. The van der Waals surface area contributed by atoms with E-state index in [9.17, 15) is 0 Å². The minimum absolute atomic E-state index is 0.285. The van der Waals surface area contributed by atoms with Gasteiger partial charge in [0.1, 0.15) is 11.6 Å². The zero-order chi connectivity index (χ0) is 12.4. The lowest BCUT2D eigenvalue weighted by Crippen LogP contribution is -2.25. The van der Waals surface area contributed by atoms with Crippen LogP contribution in [0.25, 0.3) is 0 Å². The highest BCUT2D eigenvalue weighted by Gasteiger charge is 2.19. The second-order valence-electron chi connectivity index (χ2n) is 4.03. The van der Waals surface area contributed by atoms with Crippen LogP contribution in [0.3, 0.4) is 0 Å². The normalized spacial score (nSPS) is 19.6. The predicted molar refractivity (Wildman–Crippen MR) is 72.6 cm³/mol. The largest absolute Gasteiger partial charge is 0.496 e. The van der Waals surface area contributed by atoms with E-state index in [-0.39, 0.29) is 5.92 Å². The summed E-state index contributed by atoms with van der Waals surface area (Å²) >= 11 is 3.47. The highest BCUT2D eigenvalue weighted by Crippen LogP contribution is 2.27. The lowest BCUT2D eigenvalue weighted by atomic mass is 9.94. The number of amidine groups is 1. The van der Waals surface area contributed by atoms with Crippen molar-refractivity contribution in [2.75, 3.05) is 7.11 Å². The number of nitrogens with two attached hydrogens (primary N) is 1. The van der Waals surface area contributed by atoms with Crippen molar-refractivity contribution in [1.82, 2.24) is 0 Å². The van der Waals surface area contributed by atoms with Gasteiger partial charge in [-0.2, -0.15) is 5.10 Å². The molecule has 17 heavy (non-hydrogen) atoms. The molecule has 1 aromatic rings. The monoisotopic (exact) mass is 295 g/mol. The van der Waals surface area contributed by atoms with Crippen LogP contribution in [0.5, 0.6) is 5.75 Å². The molecule has 0 aliphatic carbocycles. The van der Waals surface area contributed by atoms with Gasteiger partial charge in [-0.25, -0.2) is 0 Å². The number of hydrogen-bond donors (Lipinski definition) is 1. The van der Waals surface area contributed by atoms with Gasteiger partial charge in [0.25, 0.3) is 0 Å². The first-order chi connectivity index (χ1) is 8.11. The van der Waals surface area contributed by atoms with E-state index in [2.05, 4.69) is 33.1 Å². The molecule has 0 fully saturated rings. The van der Waals surface area contributed by atoms with Crippen LogP contribution in [-0.2, 0) is 0 Å². The second-order valence-corrected chi connectivity index (χ2v) is 4.89. The molecule has 1 aromatic carbocycles. The Labute approximate surface area is 109 Å². The number of halogens is 1. The van der Waals surface area contributed by atoms with Crippen molar-refractivity contribution in [1.29, 1.82) is 0 Å². The fraction of sp³-hybridized carbons (Fsp3) is 0.333. The van der Waals surface area contributed by atoms with Crippen molar-refractivity contribution < 1.29 is 4.74 Å². The summed E-state index contributed by atoms with van der Waals surface area (Å²) in [5.74, 6) is 1.68. The summed E-state index contributed by atoms with van der Waals surface area (Å²) in [4.78, 5) is 0. The average Bonchev–Trinajstić information content (AvgIpc) is 2.29. The number of nitrogens with zero attached hydrogens (tertiary/aromatic N) is 2. The summed E-state index contributed by atoms with van der Waals surface area (Å²) in [5.41, 5.74) is 7.66. The van der Waals surface area contributed by atoms with Gasteiger partial charge in [-0.15, -0.1) is 5.10 Å². The maximum atomic E-state index is 5.65. The average molecular weight is 296 g/mol. The summed E-state index contributed by atoms with van der Waals surface area (Å²) in [7, 11) is 1.64. The Bertz CT molecular complexity index is 497. The highest BCUT2D eigenvalue weighted by atomic mass is 79.9. The van der Waals surface area contributed by atoms with Crippen LogP contribution < -0.4 is 10.5 Å². The molecule has 0 aromatic heterocycles. The summed E-state index contributed by atoms with van der Waals surface area (Å²) in [6, 6.07) is 5.89. The van der Waals surface area contributed by atoms with Crippen LogP contribution in [0, 0.1) is 5.92 Å². The molecule has 5 heteroatoms. The van der Waals surface area contributed by atoms with Crippen molar-refractivity contribution >= 4 is 27.5 Å². The summed E-state index contributed by atoms with van der Waals surface area (Å²) in [6.45, 7) is 2.10. The van der Waals surface area contributed by atoms with Crippen molar-refractivity contribution in [3.63, 3.8) is 0 Å². The number of benzene rings is 1. The fourth-order valence-electron chi connectivity index (χ4n) is 1.84. The van der Waals surface area contributed by atoms with Crippen LogP contribution >= 0.6 is 15.9 Å². The molecule has 4 nitrogen and oxygen atoms in total. The zero-order valence-electron chi connectivity index (χ0n) is 9.77. The topological polar surface area (TPSA) is 60.0 Å². The van der Waals surface area contributed by atoms with E-state index >= 15 is 0 Å². The molecule has 90 valence electrons. The molecule has 1 atom stereocenters. The first kappa shape index (κ1) is 12.1. The van der Waals surface area contributed by atoms with Gasteiger partial charge in [0.05, 0.1) is 17.3 Å². The molecule has 0 bridgehead atoms. The Hall–Kier alpha value is -1.36. The number of hydrogen-bond acceptors (Lipinski definition) is 4. The third-order valence-electron chi connectivity index (χ3n) is 2.72. The van der Waals surface area contributed by atoms with E-state index in [4.69, 9.17) is 10.5 Å². The molecule has 1 aliphatic rings. The van der Waals surface area contributed by atoms with Crippen molar-refractivity contribution in [3.05, 3.63) is 28.2 Å². The molecule has 1 aliphatic heterocycles. The molecule has 1 heterocycles. The van der Waals surface area contributed by atoms with Crippen molar-refractivity contribution in [3.8, 4) is 5.75 Å². The van der Waals surface area contributed by atoms with Gasteiger partial charge in [-0.3, -0.25) is 0 Å². The third kappa shape index (κ3) is 2.49. The second kappa shape index (κ2) is 4.87. The maximum absolute atomic E-state index is 5.65. The quantitative estimate of drug-likeness (QED) is 0.911. The fourth-order valence-corrected chi connectivity index (χ4v) is 2.38. The number of ether oxygens (including phenoxy) is 1. The summed E-state index contributed by atoms with van der Waals surface area (Å²) < 4.78 is 6.11. The Morgan fingerprint density at radius 3 is 2.76 bits per heavy atom. The molecule has 0 spiro atoms. The molecular weight excluding hydrogens is 282 g/mol. The first-order valence-electron chi connectivity index (χ1n) is 5.35. The summed E-state index contributed by atoms with van der Waals surface area (Å²) in [5, 5.41) is 8.12. The zero-order valence-corrected chi connectivity index (χ0v) is 11.4. The summed E-state index contributed by atoms with van der Waals surface area (Å²) in [6.07, 6.45) is 0.752. The first-order valence-corrected chi connectivity index (χ1v) is 6.15. The van der Waals surface area contributed by atoms with Crippen LogP contribution in [0.4, 0.5) is 0 Å². The smallest absolute Gasteiger partial charge is 0.133 e. The van der Waals surface area contributed by atoms with Gasteiger partial charge in [-0.1, -0.05) is 6.92 Å². The van der Waals surface area contributed by atoms with E-state index in [0.717, 1.165) is 27.9 Å². The molecule has 2 rings (SSSR count). The van der Waals surface area contributed by atoms with E-state index < -0.39 is 0 Å². The Kier molecular flexibility index (Phi) is 3.47. The lowest BCUT2D eigenvalue weighted by molar-refractivity contribution is 0.412. The Balaban J connectivity index is 2.38. The predicted octanol–water partition coefficient (Wildman–Crippen LogP) is 2.56. The van der Waals surface area contributed by atoms with Crippen molar-refractivity contribution in [2.24, 2.45) is 21.9 Å². The van der Waals surface area contributed by atoms with E-state index in [0.29, 0.717) is 5.84 Å².